The Bertz CT molecular complexity index is 1590. The predicted molar refractivity (Wildman–Crippen MR) is 129 cm³/mol. The Hall–Kier alpha value is -3.65. The molecule has 5 aromatic rings. The maximum Gasteiger partial charge on any atom is 0.326 e. The van der Waals surface area contributed by atoms with E-state index in [1.807, 2.05) is 42.5 Å². The molecular weight excluding hydrogens is 456 g/mol. The lowest BCUT2D eigenvalue weighted by Crippen LogP contribution is -2.19. The molecule has 0 radical (unpaired) electrons. The fraction of sp³-hybridized carbons (Fsp3) is 0.154. The van der Waals surface area contributed by atoms with Crippen molar-refractivity contribution in [3.8, 4) is 5.75 Å². The van der Waals surface area contributed by atoms with E-state index in [-0.39, 0.29) is 12.1 Å². The molecule has 8 heteroatoms. The van der Waals surface area contributed by atoms with Gasteiger partial charge in [-0.2, -0.15) is 0 Å². The lowest BCUT2D eigenvalue weighted by atomic mass is 10.1. The van der Waals surface area contributed by atoms with E-state index in [9.17, 15) is 4.79 Å². The number of thioether (sulfide) groups is 1. The second kappa shape index (κ2) is 8.29. The molecule has 2 aromatic heterocycles. The third kappa shape index (κ3) is 3.54. The molecular formula is C26H19F2N3O2S. The first-order chi connectivity index (χ1) is 16.6. The van der Waals surface area contributed by atoms with Crippen molar-refractivity contribution < 1.29 is 13.5 Å². The van der Waals surface area contributed by atoms with E-state index in [1.54, 1.807) is 6.20 Å². The summed E-state index contributed by atoms with van der Waals surface area (Å²) in [6.45, 7) is 0.344. The molecule has 6 rings (SSSR count). The molecule has 0 atom stereocenters. The van der Waals surface area contributed by atoms with Crippen LogP contribution in [0.3, 0.4) is 0 Å². The smallest absolute Gasteiger partial charge is 0.326 e. The van der Waals surface area contributed by atoms with Crippen molar-refractivity contribution in [3.63, 3.8) is 0 Å². The number of nitrogens with one attached hydrogen (secondary N) is 1. The molecule has 0 bridgehead atoms. The first kappa shape index (κ1) is 20.9. The third-order valence-electron chi connectivity index (χ3n) is 6.10. The van der Waals surface area contributed by atoms with Crippen LogP contribution in [0.5, 0.6) is 5.75 Å². The highest BCUT2D eigenvalue weighted by Gasteiger charge is 2.21. The first-order valence-corrected chi connectivity index (χ1v) is 11.9. The largest absolute Gasteiger partial charge is 0.491 e. The number of H-pyrrole nitrogens is 1. The van der Waals surface area contributed by atoms with E-state index in [1.165, 1.54) is 28.5 Å². The zero-order valence-corrected chi connectivity index (χ0v) is 18.8. The van der Waals surface area contributed by atoms with E-state index >= 15 is 8.78 Å². The summed E-state index contributed by atoms with van der Waals surface area (Å²) in [4.78, 5) is 20.5. The molecule has 3 aromatic carbocycles. The highest BCUT2D eigenvalue weighted by Crippen LogP contribution is 2.35. The molecule has 170 valence electrons. The van der Waals surface area contributed by atoms with E-state index < -0.39 is 17.3 Å². The monoisotopic (exact) mass is 475 g/mol. The first-order valence-electron chi connectivity index (χ1n) is 10.9. The molecule has 0 saturated heterocycles. The fourth-order valence-electron chi connectivity index (χ4n) is 4.42. The minimum absolute atomic E-state index is 0.158. The molecule has 1 aliphatic rings. The van der Waals surface area contributed by atoms with Crippen LogP contribution in [0.4, 0.5) is 8.78 Å². The van der Waals surface area contributed by atoms with Gasteiger partial charge in [0.1, 0.15) is 22.9 Å². The zero-order valence-electron chi connectivity index (χ0n) is 18.0. The number of fused-ring (bicyclic) bond motifs is 5. The zero-order chi connectivity index (χ0) is 23.2. The molecule has 0 unspecified atom stereocenters. The number of nitrogens with zero attached hydrogens (tertiary/aromatic N) is 2. The third-order valence-corrected chi connectivity index (χ3v) is 7.15. The van der Waals surface area contributed by atoms with Crippen molar-refractivity contribution in [2.45, 2.75) is 23.6 Å². The lowest BCUT2D eigenvalue weighted by Gasteiger charge is -2.11. The topological polar surface area (TPSA) is 59.9 Å². The number of ether oxygens (including phenoxy) is 1. The van der Waals surface area contributed by atoms with Gasteiger partial charge in [-0.3, -0.25) is 4.57 Å². The Morgan fingerprint density at radius 3 is 2.68 bits per heavy atom. The summed E-state index contributed by atoms with van der Waals surface area (Å²) in [6.07, 6.45) is 2.36. The minimum atomic E-state index is -0.681. The average Bonchev–Trinajstić information content (AvgIpc) is 3.44. The van der Waals surface area contributed by atoms with Gasteiger partial charge in [-0.15, -0.1) is 11.8 Å². The molecule has 5 nitrogen and oxygen atoms in total. The Balaban J connectivity index is 1.38. The van der Waals surface area contributed by atoms with E-state index in [0.717, 1.165) is 17.5 Å². The second-order valence-corrected chi connectivity index (χ2v) is 9.27. The number of pyridine rings is 1. The predicted octanol–water partition coefficient (Wildman–Crippen LogP) is 5.43. The van der Waals surface area contributed by atoms with Crippen molar-refractivity contribution in [3.05, 3.63) is 99.6 Å². The van der Waals surface area contributed by atoms with Crippen molar-refractivity contribution in [2.75, 3.05) is 6.61 Å². The highest BCUT2D eigenvalue weighted by atomic mass is 32.2. The van der Waals surface area contributed by atoms with Crippen LogP contribution < -0.4 is 10.4 Å². The molecule has 1 N–H and O–H groups in total. The fourth-order valence-corrected chi connectivity index (χ4v) is 5.32. The molecule has 0 spiro atoms. The van der Waals surface area contributed by atoms with E-state index in [4.69, 9.17) is 4.74 Å². The molecule has 0 amide bonds. The van der Waals surface area contributed by atoms with Crippen LogP contribution in [0.2, 0.25) is 0 Å². The number of benzene rings is 3. The molecule has 1 aliphatic heterocycles. The van der Waals surface area contributed by atoms with Crippen LogP contribution in [-0.4, -0.2) is 21.1 Å². The van der Waals surface area contributed by atoms with Crippen LogP contribution >= 0.6 is 11.8 Å². The second-order valence-electron chi connectivity index (χ2n) is 8.22. The van der Waals surface area contributed by atoms with Gasteiger partial charge in [0.25, 0.3) is 0 Å². The van der Waals surface area contributed by atoms with Gasteiger partial charge >= 0.3 is 5.69 Å². The number of halogens is 2. The average molecular weight is 476 g/mol. The molecule has 0 aliphatic carbocycles. The Morgan fingerprint density at radius 1 is 1.09 bits per heavy atom. The van der Waals surface area contributed by atoms with Crippen LogP contribution in [0.25, 0.3) is 21.9 Å². The van der Waals surface area contributed by atoms with Gasteiger partial charge in [0.05, 0.1) is 30.4 Å². The Labute approximate surface area is 197 Å². The number of hydrogen-bond acceptors (Lipinski definition) is 4. The molecule has 0 fully saturated rings. The van der Waals surface area contributed by atoms with Crippen molar-refractivity contribution in [2.24, 2.45) is 0 Å². The number of aromatic nitrogens is 3. The van der Waals surface area contributed by atoms with Gasteiger partial charge < -0.3 is 9.72 Å². The molecule has 3 heterocycles. The summed E-state index contributed by atoms with van der Waals surface area (Å²) in [5.41, 5.74) is 3.22. The van der Waals surface area contributed by atoms with Crippen molar-refractivity contribution >= 4 is 33.7 Å². The Morgan fingerprint density at radius 2 is 1.88 bits per heavy atom. The minimum Gasteiger partial charge on any atom is -0.491 e. The van der Waals surface area contributed by atoms with E-state index in [2.05, 4.69) is 9.97 Å². The maximum absolute atomic E-state index is 15.0. The van der Waals surface area contributed by atoms with Gasteiger partial charge in [0, 0.05) is 28.0 Å². The molecule has 0 saturated carbocycles. The standard InChI is InChI=1S/C26H19F2N3O2S/c27-20-10-17(34-14-15-4-2-1-3-5-15)11-21(28)19(20)13-31-24-18-7-6-16-8-9-33-25(16)23(18)29-12-22(24)30-26(31)32/h1-7,10-12H,8-9,13-14H2,(H,30,32). The Kier molecular flexibility index (Phi) is 5.10. The SMILES string of the molecule is O=c1[nH]c2cnc3c4c(ccc3c2n1Cc1c(F)cc(SCc2ccccc2)cc1F)CCO4. The van der Waals surface area contributed by atoms with Gasteiger partial charge in [0.2, 0.25) is 0 Å². The highest BCUT2D eigenvalue weighted by molar-refractivity contribution is 7.98. The number of hydrogen-bond donors (Lipinski definition) is 1. The molecule has 34 heavy (non-hydrogen) atoms. The normalized spacial score (nSPS) is 12.9. The van der Waals surface area contributed by atoms with Gasteiger partial charge in [-0.25, -0.2) is 18.6 Å². The van der Waals surface area contributed by atoms with Crippen LogP contribution in [0, 0.1) is 11.6 Å². The van der Waals surface area contributed by atoms with E-state index in [0.29, 0.717) is 44.9 Å². The van der Waals surface area contributed by atoms with Gasteiger partial charge in [-0.1, -0.05) is 42.5 Å². The van der Waals surface area contributed by atoms with Crippen LogP contribution in [0.1, 0.15) is 16.7 Å². The van der Waals surface area contributed by atoms with Crippen molar-refractivity contribution in [1.82, 2.24) is 14.5 Å². The van der Waals surface area contributed by atoms with Gasteiger partial charge in [0.15, 0.2) is 0 Å². The summed E-state index contributed by atoms with van der Waals surface area (Å²) in [6, 6.07) is 16.2. The van der Waals surface area contributed by atoms with Crippen molar-refractivity contribution in [1.29, 1.82) is 0 Å². The van der Waals surface area contributed by atoms with Gasteiger partial charge in [-0.05, 0) is 23.3 Å². The summed E-state index contributed by atoms with van der Waals surface area (Å²) in [5, 5.41) is 0.701. The number of aromatic amines is 1. The summed E-state index contributed by atoms with van der Waals surface area (Å²) >= 11 is 1.36. The number of imidazole rings is 1. The van der Waals surface area contributed by atoms with Crippen LogP contribution in [-0.2, 0) is 18.7 Å². The summed E-state index contributed by atoms with van der Waals surface area (Å²) in [5.74, 6) is -0.0534. The summed E-state index contributed by atoms with van der Waals surface area (Å²) < 4.78 is 37.2. The van der Waals surface area contributed by atoms with Crippen LogP contribution in [0.15, 0.2) is 70.5 Å². The maximum atomic E-state index is 15.0. The summed E-state index contributed by atoms with van der Waals surface area (Å²) in [7, 11) is 0. The lowest BCUT2D eigenvalue weighted by molar-refractivity contribution is 0.360. The number of rotatable bonds is 5. The quantitative estimate of drug-likeness (QED) is 0.344.